The highest BCUT2D eigenvalue weighted by atomic mass is 79.9. The summed E-state index contributed by atoms with van der Waals surface area (Å²) in [6, 6.07) is 7.32. The third-order valence-corrected chi connectivity index (χ3v) is 6.37. The minimum absolute atomic E-state index is 0.0292. The highest BCUT2D eigenvalue weighted by molar-refractivity contribution is 9.10. The number of benzene rings is 2. The van der Waals surface area contributed by atoms with E-state index in [-0.39, 0.29) is 17.5 Å². The normalized spacial score (nSPS) is 11.8. The second-order valence-corrected chi connectivity index (χ2v) is 9.42. The largest absolute Gasteiger partial charge is 0.464 e. The molecular weight excluding hydrogens is 552 g/mol. The van der Waals surface area contributed by atoms with E-state index in [1.807, 2.05) is 0 Å². The number of hydrogen-bond acceptors (Lipinski definition) is 5. The van der Waals surface area contributed by atoms with Crippen molar-refractivity contribution in [3.8, 4) is 11.1 Å². The number of rotatable bonds is 8. The standard InChI is InChI=1S/C26H26BrF2N3O5/c1-5-10-37-25(35)20(30-23(33)22-18(28)12-17(27)13-19(22)29)11-15-6-8-16(9-7-15)21-14(2)31(3)26(36)32(4)24(21)34/h6-9,12-13,20H,5,10-11H2,1-4H3,(H,30,33). The van der Waals surface area contributed by atoms with E-state index in [9.17, 15) is 28.0 Å². The van der Waals surface area contributed by atoms with Crippen LogP contribution in [0.1, 0.15) is 35.0 Å². The van der Waals surface area contributed by atoms with Crippen LogP contribution in [0.3, 0.4) is 0 Å². The van der Waals surface area contributed by atoms with Gasteiger partial charge in [0.05, 0.1) is 12.2 Å². The van der Waals surface area contributed by atoms with Crippen molar-refractivity contribution in [2.45, 2.75) is 32.7 Å². The molecule has 0 spiro atoms. The van der Waals surface area contributed by atoms with Crippen molar-refractivity contribution in [3.05, 3.63) is 90.2 Å². The topological polar surface area (TPSA) is 99.4 Å². The zero-order valence-electron chi connectivity index (χ0n) is 20.7. The monoisotopic (exact) mass is 577 g/mol. The van der Waals surface area contributed by atoms with E-state index in [1.54, 1.807) is 45.2 Å². The summed E-state index contributed by atoms with van der Waals surface area (Å²) in [6.45, 7) is 3.58. The van der Waals surface area contributed by atoms with Crippen LogP contribution >= 0.6 is 15.9 Å². The molecule has 0 aliphatic carbocycles. The number of nitrogens with one attached hydrogen (secondary N) is 1. The van der Waals surface area contributed by atoms with Crippen LogP contribution in [-0.4, -0.2) is 33.7 Å². The number of ether oxygens (including phenoxy) is 1. The molecule has 0 bridgehead atoms. The van der Waals surface area contributed by atoms with Gasteiger partial charge in [-0.3, -0.25) is 14.2 Å². The van der Waals surface area contributed by atoms with Crippen LogP contribution in [0, 0.1) is 18.6 Å². The lowest BCUT2D eigenvalue weighted by molar-refractivity contribution is -0.145. The maximum absolute atomic E-state index is 14.3. The highest BCUT2D eigenvalue weighted by Gasteiger charge is 2.27. The number of amides is 1. The molecule has 0 fully saturated rings. The average Bonchev–Trinajstić information content (AvgIpc) is 2.84. The fourth-order valence-electron chi connectivity index (χ4n) is 3.81. The van der Waals surface area contributed by atoms with Crippen LogP contribution in [0.15, 0.2) is 50.5 Å². The molecule has 196 valence electrons. The van der Waals surface area contributed by atoms with E-state index in [0.29, 0.717) is 28.8 Å². The summed E-state index contributed by atoms with van der Waals surface area (Å²) >= 11 is 2.96. The van der Waals surface area contributed by atoms with Crippen molar-refractivity contribution in [1.82, 2.24) is 14.5 Å². The summed E-state index contributed by atoms with van der Waals surface area (Å²) in [5.41, 5.74) is 0.306. The molecule has 1 atom stereocenters. The minimum atomic E-state index is -1.22. The number of nitrogens with zero attached hydrogens (tertiary/aromatic N) is 2. The molecule has 1 unspecified atom stereocenters. The van der Waals surface area contributed by atoms with Gasteiger partial charge in [-0.15, -0.1) is 0 Å². The molecule has 1 heterocycles. The number of carbonyl (C=O) groups excluding carboxylic acids is 2. The third-order valence-electron chi connectivity index (χ3n) is 5.91. The molecule has 0 radical (unpaired) electrons. The summed E-state index contributed by atoms with van der Waals surface area (Å²) in [5.74, 6) is -4.01. The summed E-state index contributed by atoms with van der Waals surface area (Å²) < 4.78 is 36.3. The van der Waals surface area contributed by atoms with Crippen LogP contribution in [0.4, 0.5) is 8.78 Å². The van der Waals surface area contributed by atoms with Crippen LogP contribution in [0.5, 0.6) is 0 Å². The summed E-state index contributed by atoms with van der Waals surface area (Å²) in [5, 5.41) is 2.38. The molecule has 2 aromatic carbocycles. The lowest BCUT2D eigenvalue weighted by atomic mass is 10.00. The number of esters is 1. The van der Waals surface area contributed by atoms with E-state index < -0.39 is 46.4 Å². The molecule has 0 saturated heterocycles. The number of carbonyl (C=O) groups is 2. The molecule has 0 aliphatic rings. The molecule has 1 N–H and O–H groups in total. The van der Waals surface area contributed by atoms with Crippen molar-refractivity contribution in [2.24, 2.45) is 14.1 Å². The maximum atomic E-state index is 14.3. The molecule has 3 rings (SSSR count). The molecule has 1 aromatic heterocycles. The Hall–Kier alpha value is -3.60. The van der Waals surface area contributed by atoms with Crippen LogP contribution < -0.4 is 16.6 Å². The van der Waals surface area contributed by atoms with E-state index in [0.717, 1.165) is 16.7 Å². The fraction of sp³-hybridized carbons (Fsp3) is 0.308. The number of aromatic nitrogens is 2. The molecule has 1 amide bonds. The lowest BCUT2D eigenvalue weighted by Gasteiger charge is -2.19. The average molecular weight is 578 g/mol. The highest BCUT2D eigenvalue weighted by Crippen LogP contribution is 2.21. The predicted octanol–water partition coefficient (Wildman–Crippen LogP) is 3.39. The van der Waals surface area contributed by atoms with Crippen molar-refractivity contribution < 1.29 is 23.1 Å². The smallest absolute Gasteiger partial charge is 0.330 e. The molecule has 0 saturated carbocycles. The van der Waals surface area contributed by atoms with Crippen LogP contribution in [-0.2, 0) is 30.0 Å². The zero-order valence-corrected chi connectivity index (χ0v) is 22.3. The SMILES string of the molecule is CCCOC(=O)C(Cc1ccc(-c2c(C)n(C)c(=O)n(C)c2=O)cc1)NC(=O)c1c(F)cc(Br)cc1F. The summed E-state index contributed by atoms with van der Waals surface area (Å²) in [6.07, 6.45) is 0.517. The second kappa shape index (κ2) is 11.6. The first-order valence-electron chi connectivity index (χ1n) is 11.4. The second-order valence-electron chi connectivity index (χ2n) is 8.51. The van der Waals surface area contributed by atoms with Gasteiger partial charge in [-0.25, -0.2) is 18.4 Å². The summed E-state index contributed by atoms with van der Waals surface area (Å²) in [4.78, 5) is 50.3. The third kappa shape index (κ3) is 6.04. The van der Waals surface area contributed by atoms with Gasteiger partial charge in [0.2, 0.25) is 0 Å². The Morgan fingerprint density at radius 3 is 2.22 bits per heavy atom. The van der Waals surface area contributed by atoms with Gasteiger partial charge in [-0.05, 0) is 36.6 Å². The van der Waals surface area contributed by atoms with E-state index >= 15 is 0 Å². The van der Waals surface area contributed by atoms with Crippen molar-refractivity contribution in [2.75, 3.05) is 6.61 Å². The lowest BCUT2D eigenvalue weighted by Crippen LogP contribution is -2.44. The Morgan fingerprint density at radius 1 is 1.05 bits per heavy atom. The Balaban J connectivity index is 1.91. The van der Waals surface area contributed by atoms with Gasteiger partial charge in [-0.1, -0.05) is 47.1 Å². The molecule has 8 nitrogen and oxygen atoms in total. The van der Waals surface area contributed by atoms with E-state index in [2.05, 4.69) is 21.2 Å². The zero-order chi connectivity index (χ0) is 27.4. The van der Waals surface area contributed by atoms with Crippen molar-refractivity contribution in [1.29, 1.82) is 0 Å². The maximum Gasteiger partial charge on any atom is 0.330 e. The van der Waals surface area contributed by atoms with Gasteiger partial charge >= 0.3 is 11.7 Å². The van der Waals surface area contributed by atoms with E-state index in [4.69, 9.17) is 4.74 Å². The van der Waals surface area contributed by atoms with Gasteiger partial charge in [0.25, 0.3) is 11.5 Å². The van der Waals surface area contributed by atoms with Gasteiger partial charge in [0.15, 0.2) is 0 Å². The predicted molar refractivity (Wildman–Crippen MR) is 137 cm³/mol. The first-order chi connectivity index (χ1) is 17.5. The van der Waals surface area contributed by atoms with Crippen LogP contribution in [0.2, 0.25) is 0 Å². The molecule has 11 heteroatoms. The number of halogens is 3. The molecular formula is C26H26BrF2N3O5. The van der Waals surface area contributed by atoms with Gasteiger partial charge in [0, 0.05) is 30.7 Å². The van der Waals surface area contributed by atoms with Crippen LogP contribution in [0.25, 0.3) is 11.1 Å². The first-order valence-corrected chi connectivity index (χ1v) is 12.2. The Morgan fingerprint density at radius 2 is 1.65 bits per heavy atom. The van der Waals surface area contributed by atoms with Crippen molar-refractivity contribution >= 4 is 27.8 Å². The molecule has 0 aliphatic heterocycles. The molecule has 37 heavy (non-hydrogen) atoms. The van der Waals surface area contributed by atoms with Gasteiger partial charge < -0.3 is 14.6 Å². The molecule has 3 aromatic rings. The first kappa shape index (κ1) is 28.0. The van der Waals surface area contributed by atoms with Gasteiger partial charge in [0.1, 0.15) is 23.2 Å². The quantitative estimate of drug-likeness (QED) is 0.414. The summed E-state index contributed by atoms with van der Waals surface area (Å²) in [7, 11) is 2.97. The van der Waals surface area contributed by atoms with Crippen molar-refractivity contribution in [3.63, 3.8) is 0 Å². The fourth-order valence-corrected chi connectivity index (χ4v) is 4.21. The Labute approximate surface area is 220 Å². The Bertz CT molecular complexity index is 1440. The van der Waals surface area contributed by atoms with Gasteiger partial charge in [-0.2, -0.15) is 0 Å². The number of hydrogen-bond donors (Lipinski definition) is 1. The Kier molecular flexibility index (Phi) is 8.80. The minimum Gasteiger partial charge on any atom is -0.464 e. The van der Waals surface area contributed by atoms with E-state index in [1.165, 1.54) is 11.6 Å².